The Labute approximate surface area is 90.7 Å². The van der Waals surface area contributed by atoms with Crippen LogP contribution < -0.4 is 18.6 Å². The highest BCUT2D eigenvalue weighted by atomic mass is 35.7. The van der Waals surface area contributed by atoms with E-state index in [1.807, 2.05) is 27.2 Å². The minimum Gasteiger partial charge on any atom is -0.386 e. The molecule has 90 valence electrons. The quantitative estimate of drug-likeness (QED) is 0.493. The number of nitrogens with zero attached hydrogens (tertiary/aromatic N) is 2. The van der Waals surface area contributed by atoms with Crippen molar-refractivity contribution in [2.24, 2.45) is 0 Å². The first kappa shape index (κ1) is 17.0. The molecular weight excluding hydrogens is 228 g/mol. The summed E-state index contributed by atoms with van der Waals surface area (Å²) >= 11 is 0. The van der Waals surface area contributed by atoms with Crippen molar-refractivity contribution in [2.75, 3.05) is 27.7 Å². The van der Waals surface area contributed by atoms with E-state index in [9.17, 15) is 0 Å². The van der Waals surface area contributed by atoms with E-state index >= 15 is 0 Å². The molecule has 0 aromatic heterocycles. The normalized spacial score (nSPS) is 13.5. The van der Waals surface area contributed by atoms with Crippen LogP contribution in [0.1, 0.15) is 6.42 Å². The van der Waals surface area contributed by atoms with Gasteiger partial charge in [0.05, 0.1) is 33.6 Å². The molecule has 0 aliphatic heterocycles. The van der Waals surface area contributed by atoms with E-state index in [4.69, 9.17) is 29.0 Å². The number of aliphatic hydroxyl groups is 1. The molecule has 0 saturated heterocycles. The summed E-state index contributed by atoms with van der Waals surface area (Å²) < 4.78 is 34.7. The second-order valence-corrected chi connectivity index (χ2v) is 4.62. The Balaban J connectivity index is 0. The minimum absolute atomic E-state index is 0.232. The van der Waals surface area contributed by atoms with Crippen molar-refractivity contribution in [2.45, 2.75) is 12.5 Å². The number of hydrogen-bond donors (Lipinski definition) is 1. The van der Waals surface area contributed by atoms with Gasteiger partial charge in [0.15, 0.2) is 0 Å². The van der Waals surface area contributed by atoms with Gasteiger partial charge in [-0.2, -0.15) is 5.26 Å². The average molecular weight is 243 g/mol. The lowest BCUT2D eigenvalue weighted by molar-refractivity contribution is -2.00. The maximum Gasteiger partial charge on any atom is 0.116 e. The smallest absolute Gasteiger partial charge is 0.116 e. The van der Waals surface area contributed by atoms with Gasteiger partial charge in [0.2, 0.25) is 0 Å². The summed E-state index contributed by atoms with van der Waals surface area (Å²) in [5.41, 5.74) is 0. The van der Waals surface area contributed by atoms with E-state index in [0.717, 1.165) is 0 Å². The van der Waals surface area contributed by atoms with Gasteiger partial charge in [-0.15, -0.1) is 10.2 Å². The number of rotatable bonds is 3. The third-order valence-electron chi connectivity index (χ3n) is 1.09. The average Bonchev–Trinajstić information content (AvgIpc) is 1.77. The topological polar surface area (TPSA) is 136 Å². The molecular formula is C7H15ClN2O5. The minimum atomic E-state index is -4.94. The van der Waals surface area contributed by atoms with E-state index in [0.29, 0.717) is 11.0 Å². The first-order valence-corrected chi connectivity index (χ1v) is 5.16. The summed E-state index contributed by atoms with van der Waals surface area (Å²) in [7, 11) is 1.02. The van der Waals surface area contributed by atoms with E-state index in [1.165, 1.54) is 0 Å². The van der Waals surface area contributed by atoms with Gasteiger partial charge >= 0.3 is 0 Å². The Morgan fingerprint density at radius 2 is 1.60 bits per heavy atom. The van der Waals surface area contributed by atoms with Crippen molar-refractivity contribution in [3.63, 3.8) is 0 Å². The third-order valence-corrected chi connectivity index (χ3v) is 1.09. The van der Waals surface area contributed by atoms with Crippen molar-refractivity contribution < 1.29 is 38.5 Å². The summed E-state index contributed by atoms with van der Waals surface area (Å²) in [5.74, 6) is 0. The fourth-order valence-corrected chi connectivity index (χ4v) is 0.802. The second kappa shape index (κ2) is 6.92. The molecule has 0 bridgehead atoms. The molecule has 0 rings (SSSR count). The van der Waals surface area contributed by atoms with Crippen LogP contribution in [0.2, 0.25) is 0 Å². The lowest BCUT2D eigenvalue weighted by Gasteiger charge is -2.25. The lowest BCUT2D eigenvalue weighted by Crippen LogP contribution is -2.68. The molecule has 0 aromatic carbocycles. The lowest BCUT2D eigenvalue weighted by atomic mass is 10.2. The van der Waals surface area contributed by atoms with Gasteiger partial charge in [-0.3, -0.25) is 0 Å². The van der Waals surface area contributed by atoms with Crippen molar-refractivity contribution in [1.82, 2.24) is 0 Å². The zero-order valence-electron chi connectivity index (χ0n) is 8.84. The Morgan fingerprint density at radius 3 is 1.80 bits per heavy atom. The van der Waals surface area contributed by atoms with Crippen LogP contribution in [-0.2, 0) is 0 Å². The summed E-state index contributed by atoms with van der Waals surface area (Å²) in [6.45, 7) is 0.633. The van der Waals surface area contributed by atoms with Gasteiger partial charge in [-0.1, -0.05) is 0 Å². The highest BCUT2D eigenvalue weighted by Gasteiger charge is 2.14. The highest BCUT2D eigenvalue weighted by molar-refractivity contribution is 4.74. The number of halogens is 1. The van der Waals surface area contributed by atoms with Crippen LogP contribution in [0.5, 0.6) is 0 Å². The molecule has 1 N–H and O–H groups in total. The van der Waals surface area contributed by atoms with Gasteiger partial charge in [0, 0.05) is 0 Å². The number of likely N-dealkylation sites (N-methyl/N-ethyl adjacent to an activating group) is 1. The van der Waals surface area contributed by atoms with Crippen LogP contribution in [0.25, 0.3) is 0 Å². The number of nitriles is 1. The van der Waals surface area contributed by atoms with Crippen LogP contribution in [0, 0.1) is 21.6 Å². The summed E-state index contributed by atoms with van der Waals surface area (Å²) in [5, 5.41) is 17.4. The van der Waals surface area contributed by atoms with E-state index in [2.05, 4.69) is 0 Å². The monoisotopic (exact) mass is 242 g/mol. The Bertz CT molecular complexity index is 199. The van der Waals surface area contributed by atoms with Crippen molar-refractivity contribution >= 4 is 0 Å². The number of aliphatic hydroxyl groups excluding tert-OH is 1. The molecule has 7 nitrogen and oxygen atoms in total. The molecule has 0 spiro atoms. The summed E-state index contributed by atoms with van der Waals surface area (Å²) in [6, 6.07) is 1.93. The molecule has 0 saturated carbocycles. The molecule has 1 atom stereocenters. The fraction of sp³-hybridized carbons (Fsp3) is 0.857. The zero-order valence-corrected chi connectivity index (χ0v) is 9.60. The van der Waals surface area contributed by atoms with Gasteiger partial charge in [-0.25, -0.2) is 18.6 Å². The van der Waals surface area contributed by atoms with E-state index < -0.39 is 16.3 Å². The van der Waals surface area contributed by atoms with Gasteiger partial charge < -0.3 is 9.59 Å². The van der Waals surface area contributed by atoms with Crippen LogP contribution in [0.15, 0.2) is 0 Å². The Morgan fingerprint density at radius 1 is 1.27 bits per heavy atom. The maximum absolute atomic E-state index is 9.15. The predicted molar refractivity (Wildman–Crippen MR) is 39.1 cm³/mol. The van der Waals surface area contributed by atoms with Crippen LogP contribution >= 0.6 is 0 Å². The molecule has 0 aromatic rings. The molecule has 15 heavy (non-hydrogen) atoms. The van der Waals surface area contributed by atoms with Crippen LogP contribution in [-0.4, -0.2) is 43.4 Å². The molecule has 0 unspecified atom stereocenters. The van der Waals surface area contributed by atoms with E-state index in [1.54, 1.807) is 0 Å². The molecule has 0 radical (unpaired) electrons. The molecule has 0 aliphatic rings. The fourth-order valence-electron chi connectivity index (χ4n) is 0.802. The summed E-state index contributed by atoms with van der Waals surface area (Å²) in [4.78, 5) is 0. The first-order chi connectivity index (χ1) is 6.45. The standard InChI is InChI=1S/C7H15N2O.ClHO4/c1-9(2,3)6-7(10)4-5-8;2-1(3,4)5/h7,10H,4,6H2,1-3H3;(H,2,3,4,5)/q+1;/p-1/t7-;/m0./s1. The van der Waals surface area contributed by atoms with Gasteiger partial charge in [-0.05, 0) is 0 Å². The second-order valence-electron chi connectivity index (χ2n) is 3.87. The van der Waals surface area contributed by atoms with Crippen molar-refractivity contribution in [1.29, 1.82) is 5.26 Å². The largest absolute Gasteiger partial charge is 0.386 e. The molecule has 0 heterocycles. The highest BCUT2D eigenvalue weighted by Crippen LogP contribution is 1.97. The van der Waals surface area contributed by atoms with Crippen LogP contribution in [0.4, 0.5) is 0 Å². The predicted octanol–water partition coefficient (Wildman–Crippen LogP) is -4.79. The zero-order chi connectivity index (χ0) is 12.7. The summed E-state index contributed by atoms with van der Waals surface area (Å²) in [6.07, 6.45) is -0.250. The van der Waals surface area contributed by atoms with Crippen molar-refractivity contribution in [3.8, 4) is 6.07 Å². The Hall–Kier alpha value is -0.460. The maximum atomic E-state index is 9.15. The molecule has 0 fully saturated rings. The number of hydrogen-bond acceptors (Lipinski definition) is 6. The molecule has 0 amide bonds. The SMILES string of the molecule is C[N+](C)(C)C[C@@H](O)CC#N.[O-][Cl+3]([O-])([O-])[O-]. The number of quaternary nitrogens is 1. The van der Waals surface area contributed by atoms with Crippen molar-refractivity contribution in [3.05, 3.63) is 0 Å². The molecule has 8 heteroatoms. The van der Waals surface area contributed by atoms with Crippen LogP contribution in [0.3, 0.4) is 0 Å². The molecule has 0 aliphatic carbocycles. The van der Waals surface area contributed by atoms with Gasteiger partial charge in [0.25, 0.3) is 0 Å². The van der Waals surface area contributed by atoms with E-state index in [-0.39, 0.29) is 6.42 Å². The third kappa shape index (κ3) is 31.7. The van der Waals surface area contributed by atoms with Gasteiger partial charge in [0.1, 0.15) is 12.6 Å². The first-order valence-electron chi connectivity index (χ1n) is 3.93. The Kier molecular flexibility index (Phi) is 7.82.